The standard InChI is InChI=1S/C23H26ClN3O4S/c1-6-31-22(28)19-14-25-27(15(19)2)21-13-17(24)9-12-20(21)26-32(29,30)18-10-7-16(8-11-18)23(3,4)5/h7-14,26H,6H2,1-5H3. The maximum Gasteiger partial charge on any atom is 0.341 e. The van der Waals surface area contributed by atoms with Gasteiger partial charge in [-0.15, -0.1) is 0 Å². The van der Waals surface area contributed by atoms with E-state index in [0.717, 1.165) is 5.56 Å². The van der Waals surface area contributed by atoms with Gasteiger partial charge >= 0.3 is 5.97 Å². The van der Waals surface area contributed by atoms with Crippen LogP contribution in [0.1, 0.15) is 49.3 Å². The Bertz CT molecular complexity index is 1240. The van der Waals surface area contributed by atoms with Gasteiger partial charge in [-0.3, -0.25) is 4.72 Å². The number of rotatable bonds is 6. The van der Waals surface area contributed by atoms with E-state index in [1.807, 2.05) is 0 Å². The Kier molecular flexibility index (Phi) is 6.67. The molecule has 0 radical (unpaired) electrons. The van der Waals surface area contributed by atoms with Gasteiger partial charge in [0.05, 0.1) is 34.8 Å². The molecule has 1 aromatic heterocycles. The summed E-state index contributed by atoms with van der Waals surface area (Å²) in [5, 5.41) is 4.65. The third-order valence-electron chi connectivity index (χ3n) is 4.97. The molecule has 7 nitrogen and oxygen atoms in total. The molecule has 0 fully saturated rings. The molecule has 1 N–H and O–H groups in total. The molecule has 3 rings (SSSR count). The first kappa shape index (κ1) is 23.8. The van der Waals surface area contributed by atoms with Gasteiger partial charge < -0.3 is 4.74 Å². The van der Waals surface area contributed by atoms with Crippen molar-refractivity contribution >= 4 is 33.3 Å². The van der Waals surface area contributed by atoms with E-state index in [1.165, 1.54) is 10.9 Å². The van der Waals surface area contributed by atoms with Gasteiger partial charge in [0.25, 0.3) is 10.0 Å². The minimum absolute atomic E-state index is 0.0900. The van der Waals surface area contributed by atoms with E-state index in [1.54, 1.807) is 56.3 Å². The lowest BCUT2D eigenvalue weighted by molar-refractivity contribution is 0.0525. The third-order valence-corrected chi connectivity index (χ3v) is 6.58. The second kappa shape index (κ2) is 8.96. The lowest BCUT2D eigenvalue weighted by Crippen LogP contribution is -2.16. The van der Waals surface area contributed by atoms with Crippen molar-refractivity contribution in [1.82, 2.24) is 9.78 Å². The highest BCUT2D eigenvalue weighted by atomic mass is 35.5. The van der Waals surface area contributed by atoms with Crippen molar-refractivity contribution in [2.24, 2.45) is 0 Å². The number of hydrogen-bond donors (Lipinski definition) is 1. The fourth-order valence-electron chi connectivity index (χ4n) is 3.17. The quantitative estimate of drug-likeness (QED) is 0.500. The number of aromatic nitrogens is 2. The monoisotopic (exact) mass is 475 g/mol. The minimum atomic E-state index is -3.88. The highest BCUT2D eigenvalue weighted by Gasteiger charge is 2.22. The molecule has 3 aromatic rings. The fraction of sp³-hybridized carbons (Fsp3) is 0.304. The summed E-state index contributed by atoms with van der Waals surface area (Å²) in [5.74, 6) is -0.501. The van der Waals surface area contributed by atoms with Crippen molar-refractivity contribution in [1.29, 1.82) is 0 Å². The lowest BCUT2D eigenvalue weighted by Gasteiger charge is -2.19. The molecule has 0 saturated carbocycles. The van der Waals surface area contributed by atoms with E-state index in [-0.39, 0.29) is 22.6 Å². The summed E-state index contributed by atoms with van der Waals surface area (Å²) in [4.78, 5) is 12.3. The number of ether oxygens (including phenoxy) is 1. The smallest absolute Gasteiger partial charge is 0.341 e. The molecular weight excluding hydrogens is 450 g/mol. The summed E-state index contributed by atoms with van der Waals surface area (Å²) in [7, 11) is -3.88. The van der Waals surface area contributed by atoms with Crippen LogP contribution in [-0.4, -0.2) is 30.8 Å². The Balaban J connectivity index is 2.00. The molecule has 0 unspecified atom stereocenters. The second-order valence-electron chi connectivity index (χ2n) is 8.32. The van der Waals surface area contributed by atoms with Crippen molar-refractivity contribution in [2.75, 3.05) is 11.3 Å². The first-order valence-corrected chi connectivity index (χ1v) is 11.9. The van der Waals surface area contributed by atoms with Crippen LogP contribution in [0.25, 0.3) is 5.69 Å². The molecule has 0 bridgehead atoms. The Morgan fingerprint density at radius 1 is 1.16 bits per heavy atom. The van der Waals surface area contributed by atoms with Crippen LogP contribution in [0.15, 0.2) is 53.6 Å². The maximum absolute atomic E-state index is 13.1. The number of nitrogens with zero attached hydrogens (tertiary/aromatic N) is 2. The molecule has 0 saturated heterocycles. The van der Waals surface area contributed by atoms with Gasteiger partial charge in [0.1, 0.15) is 5.56 Å². The number of benzene rings is 2. The van der Waals surface area contributed by atoms with Gasteiger partial charge in [-0.25, -0.2) is 17.9 Å². The molecule has 170 valence electrons. The van der Waals surface area contributed by atoms with Crippen LogP contribution in [0.4, 0.5) is 5.69 Å². The van der Waals surface area contributed by atoms with Gasteiger partial charge in [-0.05, 0) is 55.2 Å². The Morgan fingerprint density at radius 3 is 2.41 bits per heavy atom. The van der Waals surface area contributed by atoms with Gasteiger partial charge in [0, 0.05) is 5.02 Å². The number of anilines is 1. The van der Waals surface area contributed by atoms with Crippen molar-refractivity contribution in [3.8, 4) is 5.69 Å². The van der Waals surface area contributed by atoms with E-state index in [0.29, 0.717) is 22.0 Å². The molecule has 1 heterocycles. The lowest BCUT2D eigenvalue weighted by atomic mass is 9.87. The first-order chi connectivity index (χ1) is 14.9. The minimum Gasteiger partial charge on any atom is -0.462 e. The van der Waals surface area contributed by atoms with Crippen molar-refractivity contribution in [3.05, 3.63) is 70.5 Å². The zero-order valence-electron chi connectivity index (χ0n) is 18.6. The molecule has 2 aromatic carbocycles. The van der Waals surface area contributed by atoms with Crippen molar-refractivity contribution in [3.63, 3.8) is 0 Å². The highest BCUT2D eigenvalue weighted by Crippen LogP contribution is 2.29. The van der Waals surface area contributed by atoms with Gasteiger partial charge in [-0.1, -0.05) is 44.5 Å². The fourth-order valence-corrected chi connectivity index (χ4v) is 4.41. The summed E-state index contributed by atoms with van der Waals surface area (Å²) in [6.45, 7) is 9.84. The molecular formula is C23H26ClN3O4S. The van der Waals surface area contributed by atoms with Crippen LogP contribution in [0, 0.1) is 6.92 Å². The SMILES string of the molecule is CCOC(=O)c1cnn(-c2cc(Cl)ccc2NS(=O)(=O)c2ccc(C(C)(C)C)cc2)c1C. The van der Waals surface area contributed by atoms with Gasteiger partial charge in [-0.2, -0.15) is 5.10 Å². The number of hydrogen-bond acceptors (Lipinski definition) is 5. The Morgan fingerprint density at radius 2 is 1.81 bits per heavy atom. The van der Waals surface area contributed by atoms with Crippen LogP contribution in [0.3, 0.4) is 0 Å². The van der Waals surface area contributed by atoms with E-state index in [9.17, 15) is 13.2 Å². The molecule has 0 aliphatic rings. The Hall–Kier alpha value is -2.84. The first-order valence-electron chi connectivity index (χ1n) is 10.1. The molecule has 0 spiro atoms. The van der Waals surface area contributed by atoms with Crippen LogP contribution in [0.2, 0.25) is 5.02 Å². The average molecular weight is 476 g/mol. The highest BCUT2D eigenvalue weighted by molar-refractivity contribution is 7.92. The normalized spacial score (nSPS) is 11.9. The van der Waals surface area contributed by atoms with Gasteiger partial charge in [0.2, 0.25) is 0 Å². The van der Waals surface area contributed by atoms with E-state index in [4.69, 9.17) is 16.3 Å². The summed E-state index contributed by atoms with van der Waals surface area (Å²) in [6, 6.07) is 11.5. The number of carbonyl (C=O) groups excluding carboxylic acids is 1. The molecule has 9 heteroatoms. The van der Waals surface area contributed by atoms with E-state index < -0.39 is 16.0 Å². The summed E-state index contributed by atoms with van der Waals surface area (Å²) in [5.41, 5.74) is 2.39. The summed E-state index contributed by atoms with van der Waals surface area (Å²) < 4.78 is 35.3. The summed E-state index contributed by atoms with van der Waals surface area (Å²) in [6.07, 6.45) is 1.39. The molecule has 0 amide bonds. The van der Waals surface area contributed by atoms with Crippen LogP contribution in [-0.2, 0) is 20.2 Å². The van der Waals surface area contributed by atoms with Crippen molar-refractivity contribution in [2.45, 2.75) is 44.9 Å². The number of esters is 1. The third kappa shape index (κ3) is 4.97. The van der Waals surface area contributed by atoms with Crippen molar-refractivity contribution < 1.29 is 17.9 Å². The topological polar surface area (TPSA) is 90.3 Å². The zero-order valence-corrected chi connectivity index (χ0v) is 20.2. The number of sulfonamides is 1. The van der Waals surface area contributed by atoms with Crippen LogP contribution in [0.5, 0.6) is 0 Å². The molecule has 0 aliphatic heterocycles. The molecule has 0 atom stereocenters. The summed E-state index contributed by atoms with van der Waals surface area (Å²) >= 11 is 6.18. The number of halogens is 1. The second-order valence-corrected chi connectivity index (χ2v) is 10.4. The maximum atomic E-state index is 13.1. The molecule has 0 aliphatic carbocycles. The number of nitrogens with one attached hydrogen (secondary N) is 1. The van der Waals surface area contributed by atoms with Gasteiger partial charge in [0.15, 0.2) is 0 Å². The van der Waals surface area contributed by atoms with Crippen LogP contribution < -0.4 is 4.72 Å². The largest absolute Gasteiger partial charge is 0.462 e. The van der Waals surface area contributed by atoms with E-state index >= 15 is 0 Å². The predicted octanol–water partition coefficient (Wildman–Crippen LogP) is 5.11. The molecule has 32 heavy (non-hydrogen) atoms. The predicted molar refractivity (Wildman–Crippen MR) is 125 cm³/mol. The zero-order chi connectivity index (χ0) is 23.7. The Labute approximate surface area is 193 Å². The van der Waals surface area contributed by atoms with Crippen LogP contribution >= 0.6 is 11.6 Å². The average Bonchev–Trinajstić information content (AvgIpc) is 3.10. The number of carbonyl (C=O) groups is 1. The van der Waals surface area contributed by atoms with E-state index in [2.05, 4.69) is 30.6 Å².